The van der Waals surface area contributed by atoms with E-state index in [0.29, 0.717) is 17.0 Å². The molecule has 108 valence electrons. The Balaban J connectivity index is 2.55. The van der Waals surface area contributed by atoms with Gasteiger partial charge in [-0.15, -0.1) is 0 Å². The fourth-order valence-electron chi connectivity index (χ4n) is 1.82. The highest BCUT2D eigenvalue weighted by atomic mass is 19.4. The van der Waals surface area contributed by atoms with E-state index in [1.165, 1.54) is 20.2 Å². The predicted octanol–water partition coefficient (Wildman–Crippen LogP) is 2.53. The van der Waals surface area contributed by atoms with Crippen molar-refractivity contribution in [1.29, 1.82) is 0 Å². The molecule has 2 heterocycles. The molecular formula is C12H13F3N4O. The van der Waals surface area contributed by atoms with Gasteiger partial charge in [0.15, 0.2) is 5.82 Å². The molecule has 0 bridgehead atoms. The first kappa shape index (κ1) is 14.3. The Kier molecular flexibility index (Phi) is 3.65. The van der Waals surface area contributed by atoms with Crippen LogP contribution in [0.4, 0.5) is 13.2 Å². The predicted molar refractivity (Wildman–Crippen MR) is 65.3 cm³/mol. The minimum Gasteiger partial charge on any atom is -0.494 e. The molecule has 0 aromatic carbocycles. The van der Waals surface area contributed by atoms with Crippen molar-refractivity contribution < 1.29 is 17.9 Å². The number of aromatic nitrogens is 4. The van der Waals surface area contributed by atoms with Crippen LogP contribution >= 0.6 is 0 Å². The van der Waals surface area contributed by atoms with Gasteiger partial charge in [0.1, 0.15) is 18.1 Å². The summed E-state index contributed by atoms with van der Waals surface area (Å²) in [6.07, 6.45) is -2.92. The highest BCUT2D eigenvalue weighted by Crippen LogP contribution is 2.30. The largest absolute Gasteiger partial charge is 0.494 e. The summed E-state index contributed by atoms with van der Waals surface area (Å²) in [5.74, 6) is 0.731. The van der Waals surface area contributed by atoms with Crippen LogP contribution in [0.15, 0.2) is 12.3 Å². The molecule has 0 saturated heterocycles. The standard InChI is InChI=1S/C12H13F3N4O/c1-7-4-9(10(20-3)5-16-7)11-17-8(2)18-19(11)6-12(13,14)15/h4-5H,6H2,1-3H3. The molecule has 0 N–H and O–H groups in total. The van der Waals surface area contributed by atoms with Crippen LogP contribution in [0, 0.1) is 13.8 Å². The van der Waals surface area contributed by atoms with Gasteiger partial charge in [0, 0.05) is 5.69 Å². The summed E-state index contributed by atoms with van der Waals surface area (Å²) in [5.41, 5.74) is 1.09. The first-order valence-electron chi connectivity index (χ1n) is 5.79. The summed E-state index contributed by atoms with van der Waals surface area (Å²) in [7, 11) is 1.42. The molecule has 0 saturated carbocycles. The molecule has 0 fully saturated rings. The maximum atomic E-state index is 12.6. The molecule has 0 aliphatic carbocycles. The molecule has 0 radical (unpaired) electrons. The van der Waals surface area contributed by atoms with Crippen molar-refractivity contribution in [2.75, 3.05) is 7.11 Å². The van der Waals surface area contributed by atoms with Crippen molar-refractivity contribution in [3.8, 4) is 17.1 Å². The van der Waals surface area contributed by atoms with Gasteiger partial charge >= 0.3 is 6.18 Å². The maximum absolute atomic E-state index is 12.6. The second-order valence-electron chi connectivity index (χ2n) is 4.28. The highest BCUT2D eigenvalue weighted by molar-refractivity contribution is 5.64. The molecule has 5 nitrogen and oxygen atoms in total. The molecule has 0 amide bonds. The van der Waals surface area contributed by atoms with Crippen molar-refractivity contribution in [1.82, 2.24) is 19.7 Å². The van der Waals surface area contributed by atoms with E-state index in [9.17, 15) is 13.2 Å². The van der Waals surface area contributed by atoms with Crippen LogP contribution in [0.1, 0.15) is 11.5 Å². The molecule has 0 spiro atoms. The molecule has 20 heavy (non-hydrogen) atoms. The third kappa shape index (κ3) is 3.06. The fourth-order valence-corrected chi connectivity index (χ4v) is 1.82. The second-order valence-corrected chi connectivity index (χ2v) is 4.28. The van der Waals surface area contributed by atoms with E-state index in [1.807, 2.05) is 0 Å². The van der Waals surface area contributed by atoms with E-state index in [-0.39, 0.29) is 11.6 Å². The van der Waals surface area contributed by atoms with Crippen LogP contribution in [0.25, 0.3) is 11.4 Å². The summed E-state index contributed by atoms with van der Waals surface area (Å²) >= 11 is 0. The Morgan fingerprint density at radius 3 is 2.60 bits per heavy atom. The first-order valence-corrected chi connectivity index (χ1v) is 5.79. The van der Waals surface area contributed by atoms with E-state index in [1.54, 1.807) is 13.0 Å². The number of halogens is 3. The lowest BCUT2D eigenvalue weighted by Crippen LogP contribution is -2.19. The summed E-state index contributed by atoms with van der Waals surface area (Å²) < 4.78 is 43.7. The molecule has 2 aromatic heterocycles. The number of rotatable bonds is 3. The molecular weight excluding hydrogens is 273 g/mol. The summed E-state index contributed by atoms with van der Waals surface area (Å²) in [4.78, 5) is 8.10. The highest BCUT2D eigenvalue weighted by Gasteiger charge is 2.31. The number of methoxy groups -OCH3 is 1. The van der Waals surface area contributed by atoms with Crippen LogP contribution in [0.3, 0.4) is 0 Å². The zero-order valence-corrected chi connectivity index (χ0v) is 11.2. The monoisotopic (exact) mass is 286 g/mol. The van der Waals surface area contributed by atoms with Crippen LogP contribution in [-0.4, -0.2) is 33.0 Å². The Morgan fingerprint density at radius 1 is 1.30 bits per heavy atom. The Morgan fingerprint density at radius 2 is 2.00 bits per heavy atom. The topological polar surface area (TPSA) is 52.8 Å². The normalized spacial score (nSPS) is 11.7. The SMILES string of the molecule is COc1cnc(C)cc1-c1nc(C)nn1CC(F)(F)F. The number of aryl methyl sites for hydroxylation is 2. The number of pyridine rings is 1. The van der Waals surface area contributed by atoms with E-state index in [0.717, 1.165) is 4.68 Å². The molecule has 2 aromatic rings. The average molecular weight is 286 g/mol. The Labute approximate surface area is 113 Å². The lowest BCUT2D eigenvalue weighted by Gasteiger charge is -2.11. The second kappa shape index (κ2) is 5.10. The number of ether oxygens (including phenoxy) is 1. The van der Waals surface area contributed by atoms with Gasteiger partial charge in [-0.2, -0.15) is 18.3 Å². The summed E-state index contributed by atoms with van der Waals surface area (Å²) in [5, 5.41) is 3.79. The third-order valence-corrected chi connectivity index (χ3v) is 2.57. The number of nitrogens with zero attached hydrogens (tertiary/aromatic N) is 4. The molecule has 0 aliphatic rings. The van der Waals surface area contributed by atoms with E-state index >= 15 is 0 Å². The van der Waals surface area contributed by atoms with Crippen molar-refractivity contribution in [2.45, 2.75) is 26.6 Å². The summed E-state index contributed by atoms with van der Waals surface area (Å²) in [6, 6.07) is 1.62. The number of hydrogen-bond donors (Lipinski definition) is 0. The van der Waals surface area contributed by atoms with Gasteiger partial charge in [0.25, 0.3) is 0 Å². The van der Waals surface area contributed by atoms with E-state index in [4.69, 9.17) is 4.74 Å². The summed E-state index contributed by atoms with van der Waals surface area (Å²) in [6.45, 7) is 2.07. The van der Waals surface area contributed by atoms with Crippen molar-refractivity contribution in [2.24, 2.45) is 0 Å². The van der Waals surface area contributed by atoms with Gasteiger partial charge in [-0.25, -0.2) is 9.67 Å². The van der Waals surface area contributed by atoms with Gasteiger partial charge in [-0.3, -0.25) is 4.98 Å². The van der Waals surface area contributed by atoms with Crippen molar-refractivity contribution in [3.05, 3.63) is 23.8 Å². The van der Waals surface area contributed by atoms with E-state index < -0.39 is 12.7 Å². The zero-order chi connectivity index (χ0) is 14.9. The number of hydrogen-bond acceptors (Lipinski definition) is 4. The average Bonchev–Trinajstić information content (AvgIpc) is 2.67. The molecule has 0 atom stereocenters. The third-order valence-electron chi connectivity index (χ3n) is 2.57. The maximum Gasteiger partial charge on any atom is 0.408 e. The Bertz CT molecular complexity index is 622. The van der Waals surface area contributed by atoms with Gasteiger partial charge in [-0.1, -0.05) is 0 Å². The van der Waals surface area contributed by atoms with Gasteiger partial charge < -0.3 is 4.74 Å². The lowest BCUT2D eigenvalue weighted by molar-refractivity contribution is -0.142. The van der Waals surface area contributed by atoms with E-state index in [2.05, 4.69) is 15.1 Å². The lowest BCUT2D eigenvalue weighted by atomic mass is 10.2. The fraction of sp³-hybridized carbons (Fsp3) is 0.417. The Hall–Kier alpha value is -2.12. The van der Waals surface area contributed by atoms with Crippen molar-refractivity contribution >= 4 is 0 Å². The van der Waals surface area contributed by atoms with Crippen LogP contribution < -0.4 is 4.74 Å². The first-order chi connectivity index (χ1) is 9.30. The van der Waals surface area contributed by atoms with Gasteiger partial charge in [0.05, 0.1) is 18.9 Å². The smallest absolute Gasteiger partial charge is 0.408 e. The van der Waals surface area contributed by atoms with Gasteiger partial charge in [-0.05, 0) is 19.9 Å². The minimum atomic E-state index is -4.37. The molecule has 2 rings (SSSR count). The quantitative estimate of drug-likeness (QED) is 0.870. The molecule has 0 unspecified atom stereocenters. The molecule has 0 aliphatic heterocycles. The minimum absolute atomic E-state index is 0.113. The van der Waals surface area contributed by atoms with Crippen LogP contribution in [0.5, 0.6) is 5.75 Å². The zero-order valence-electron chi connectivity index (χ0n) is 11.2. The van der Waals surface area contributed by atoms with Crippen LogP contribution in [0.2, 0.25) is 0 Å². The van der Waals surface area contributed by atoms with Crippen molar-refractivity contribution in [3.63, 3.8) is 0 Å². The van der Waals surface area contributed by atoms with Crippen LogP contribution in [-0.2, 0) is 6.54 Å². The molecule has 8 heteroatoms. The van der Waals surface area contributed by atoms with Gasteiger partial charge in [0.2, 0.25) is 0 Å². The number of alkyl halides is 3.